The van der Waals surface area contributed by atoms with E-state index in [-0.39, 0.29) is 5.56 Å². The van der Waals surface area contributed by atoms with Gasteiger partial charge in [0.15, 0.2) is 5.65 Å². The fourth-order valence-corrected chi connectivity index (χ4v) is 1.18. The lowest BCUT2D eigenvalue weighted by molar-refractivity contribution is 0.0695. The fourth-order valence-electron chi connectivity index (χ4n) is 1.18. The zero-order valence-electron chi connectivity index (χ0n) is 7.51. The molecule has 0 spiro atoms. The van der Waals surface area contributed by atoms with Gasteiger partial charge in [-0.25, -0.2) is 14.3 Å². The maximum absolute atomic E-state index is 10.6. The molecule has 0 aliphatic carbocycles. The van der Waals surface area contributed by atoms with Crippen LogP contribution in [0.1, 0.15) is 23.0 Å². The number of rotatable bonds is 2. The van der Waals surface area contributed by atoms with Gasteiger partial charge in [0.05, 0.1) is 5.56 Å². The molecule has 2 rings (SSSR count). The number of aromatic carboxylic acids is 1. The molecule has 2 aromatic rings. The summed E-state index contributed by atoms with van der Waals surface area (Å²) in [4.78, 5) is 14.6. The van der Waals surface area contributed by atoms with E-state index in [9.17, 15) is 4.79 Å². The monoisotopic (exact) mass is 192 g/mol. The standard InChI is InChI=1S/C8H8N4O2/c1-2-6-7-9-3-5(8(13)14)4-12(7)11-10-6/h3-4H,2H2,1H3,(H,13,14). The SMILES string of the molecule is CCc1nnn2cc(C(=O)O)cnc12. The number of aromatic nitrogens is 4. The Morgan fingerprint density at radius 3 is 3.07 bits per heavy atom. The third-order valence-electron chi connectivity index (χ3n) is 1.91. The highest BCUT2D eigenvalue weighted by Gasteiger charge is 2.09. The molecule has 0 aliphatic heterocycles. The summed E-state index contributed by atoms with van der Waals surface area (Å²) in [6.45, 7) is 1.94. The first kappa shape index (κ1) is 8.61. The van der Waals surface area contributed by atoms with Crippen molar-refractivity contribution in [2.45, 2.75) is 13.3 Å². The lowest BCUT2D eigenvalue weighted by Gasteiger charge is -1.94. The summed E-state index contributed by atoms with van der Waals surface area (Å²) in [6.07, 6.45) is 3.43. The predicted molar refractivity (Wildman–Crippen MR) is 47.1 cm³/mol. The Morgan fingerprint density at radius 1 is 1.64 bits per heavy atom. The Balaban J connectivity index is 2.63. The van der Waals surface area contributed by atoms with E-state index in [4.69, 9.17) is 5.11 Å². The van der Waals surface area contributed by atoms with Crippen molar-refractivity contribution in [1.82, 2.24) is 19.8 Å². The lowest BCUT2D eigenvalue weighted by Crippen LogP contribution is -2.01. The van der Waals surface area contributed by atoms with E-state index in [1.807, 2.05) is 6.92 Å². The maximum Gasteiger partial charge on any atom is 0.338 e. The molecule has 72 valence electrons. The summed E-state index contributed by atoms with van der Waals surface area (Å²) >= 11 is 0. The van der Waals surface area contributed by atoms with Crippen molar-refractivity contribution >= 4 is 11.6 Å². The molecule has 2 heterocycles. The first-order valence-corrected chi connectivity index (χ1v) is 4.15. The smallest absolute Gasteiger partial charge is 0.338 e. The summed E-state index contributed by atoms with van der Waals surface area (Å²) in [6, 6.07) is 0. The first-order valence-electron chi connectivity index (χ1n) is 4.15. The van der Waals surface area contributed by atoms with Crippen molar-refractivity contribution in [3.05, 3.63) is 23.7 Å². The quantitative estimate of drug-likeness (QED) is 0.744. The Hall–Kier alpha value is -1.98. The number of nitrogens with zero attached hydrogens (tertiary/aromatic N) is 4. The van der Waals surface area contributed by atoms with E-state index in [0.29, 0.717) is 5.65 Å². The number of hydrogen-bond donors (Lipinski definition) is 1. The average molecular weight is 192 g/mol. The van der Waals surface area contributed by atoms with Crippen LogP contribution < -0.4 is 0 Å². The molecule has 0 atom stereocenters. The second-order valence-electron chi connectivity index (χ2n) is 2.81. The van der Waals surface area contributed by atoms with Gasteiger partial charge in [-0.05, 0) is 6.42 Å². The molecule has 0 aromatic carbocycles. The van der Waals surface area contributed by atoms with E-state index in [1.165, 1.54) is 16.9 Å². The fraction of sp³-hybridized carbons (Fsp3) is 0.250. The van der Waals surface area contributed by atoms with Gasteiger partial charge in [0, 0.05) is 12.4 Å². The Bertz CT molecular complexity index is 491. The minimum absolute atomic E-state index is 0.102. The molecular weight excluding hydrogens is 184 g/mol. The van der Waals surface area contributed by atoms with Crippen LogP contribution in [-0.2, 0) is 6.42 Å². The van der Waals surface area contributed by atoms with Crippen LogP contribution in [0.25, 0.3) is 5.65 Å². The number of fused-ring (bicyclic) bond motifs is 1. The number of aryl methyl sites for hydroxylation is 1. The van der Waals surface area contributed by atoms with Gasteiger partial charge in [0.1, 0.15) is 5.69 Å². The predicted octanol–water partition coefficient (Wildman–Crippen LogP) is 0.385. The molecular formula is C8H8N4O2. The normalized spacial score (nSPS) is 10.6. The van der Waals surface area contributed by atoms with Crippen LogP contribution in [0.4, 0.5) is 0 Å². The van der Waals surface area contributed by atoms with Crippen LogP contribution >= 0.6 is 0 Å². The molecule has 0 amide bonds. The Kier molecular flexibility index (Phi) is 1.88. The molecule has 6 nitrogen and oxygen atoms in total. The molecule has 0 unspecified atom stereocenters. The van der Waals surface area contributed by atoms with Gasteiger partial charge in [-0.2, -0.15) is 0 Å². The molecule has 1 N–H and O–H groups in total. The molecule has 0 saturated carbocycles. The molecule has 0 bridgehead atoms. The molecule has 2 aromatic heterocycles. The summed E-state index contributed by atoms with van der Waals surface area (Å²) in [5, 5.41) is 16.4. The van der Waals surface area contributed by atoms with Gasteiger partial charge in [0.25, 0.3) is 0 Å². The van der Waals surface area contributed by atoms with Crippen LogP contribution in [0.15, 0.2) is 12.4 Å². The van der Waals surface area contributed by atoms with Gasteiger partial charge < -0.3 is 5.11 Å². The summed E-state index contributed by atoms with van der Waals surface area (Å²) in [5.74, 6) is -1.02. The zero-order chi connectivity index (χ0) is 10.1. The van der Waals surface area contributed by atoms with Gasteiger partial charge in [-0.3, -0.25) is 0 Å². The number of carbonyl (C=O) groups is 1. The second-order valence-corrected chi connectivity index (χ2v) is 2.81. The van der Waals surface area contributed by atoms with Crippen LogP contribution in [-0.4, -0.2) is 30.9 Å². The van der Waals surface area contributed by atoms with Gasteiger partial charge in [-0.1, -0.05) is 12.1 Å². The van der Waals surface area contributed by atoms with E-state index < -0.39 is 5.97 Å². The van der Waals surface area contributed by atoms with Crippen molar-refractivity contribution in [2.24, 2.45) is 0 Å². The number of carboxylic acid groups (broad SMARTS) is 1. The van der Waals surface area contributed by atoms with E-state index >= 15 is 0 Å². The third kappa shape index (κ3) is 1.20. The first-order chi connectivity index (χ1) is 6.72. The topological polar surface area (TPSA) is 80.4 Å². The molecule has 0 aliphatic rings. The van der Waals surface area contributed by atoms with Crippen LogP contribution in [0.2, 0.25) is 0 Å². The highest BCUT2D eigenvalue weighted by molar-refractivity contribution is 5.87. The van der Waals surface area contributed by atoms with Crippen LogP contribution in [0, 0.1) is 0 Å². The van der Waals surface area contributed by atoms with Crippen molar-refractivity contribution < 1.29 is 9.90 Å². The lowest BCUT2D eigenvalue weighted by atomic mass is 10.3. The van der Waals surface area contributed by atoms with Crippen LogP contribution in [0.3, 0.4) is 0 Å². The minimum Gasteiger partial charge on any atom is -0.478 e. The Morgan fingerprint density at radius 2 is 2.43 bits per heavy atom. The number of carboxylic acids is 1. The maximum atomic E-state index is 10.6. The van der Waals surface area contributed by atoms with Crippen molar-refractivity contribution in [3.8, 4) is 0 Å². The van der Waals surface area contributed by atoms with E-state index in [0.717, 1.165) is 12.1 Å². The summed E-state index contributed by atoms with van der Waals surface area (Å²) in [5.41, 5.74) is 1.48. The highest BCUT2D eigenvalue weighted by Crippen LogP contribution is 2.06. The molecule has 0 radical (unpaired) electrons. The largest absolute Gasteiger partial charge is 0.478 e. The number of hydrogen-bond acceptors (Lipinski definition) is 4. The van der Waals surface area contributed by atoms with Crippen molar-refractivity contribution in [3.63, 3.8) is 0 Å². The van der Waals surface area contributed by atoms with E-state index in [1.54, 1.807) is 0 Å². The van der Waals surface area contributed by atoms with E-state index in [2.05, 4.69) is 15.3 Å². The van der Waals surface area contributed by atoms with Gasteiger partial charge >= 0.3 is 5.97 Å². The Labute approximate surface area is 79.2 Å². The minimum atomic E-state index is -1.02. The van der Waals surface area contributed by atoms with Gasteiger partial charge in [0.2, 0.25) is 0 Å². The summed E-state index contributed by atoms with van der Waals surface area (Å²) in [7, 11) is 0. The highest BCUT2D eigenvalue weighted by atomic mass is 16.4. The molecule has 14 heavy (non-hydrogen) atoms. The molecule has 0 saturated heterocycles. The third-order valence-corrected chi connectivity index (χ3v) is 1.91. The zero-order valence-corrected chi connectivity index (χ0v) is 7.51. The molecule has 0 fully saturated rings. The summed E-state index contributed by atoms with van der Waals surface area (Å²) < 4.78 is 1.38. The van der Waals surface area contributed by atoms with Crippen LogP contribution in [0.5, 0.6) is 0 Å². The van der Waals surface area contributed by atoms with Crippen molar-refractivity contribution in [2.75, 3.05) is 0 Å². The molecule has 6 heteroatoms. The second kappa shape index (κ2) is 3.06. The average Bonchev–Trinajstić information content (AvgIpc) is 2.59. The van der Waals surface area contributed by atoms with Crippen molar-refractivity contribution in [1.29, 1.82) is 0 Å². The van der Waals surface area contributed by atoms with Gasteiger partial charge in [-0.15, -0.1) is 5.10 Å².